The summed E-state index contributed by atoms with van der Waals surface area (Å²) < 4.78 is 4.93. The van der Waals surface area contributed by atoms with Crippen LogP contribution >= 0.6 is 11.8 Å². The fourth-order valence-electron chi connectivity index (χ4n) is 1.84. The normalized spacial score (nSPS) is 15.2. The lowest BCUT2D eigenvalue weighted by Gasteiger charge is -2.33. The molecule has 1 aliphatic rings. The van der Waals surface area contributed by atoms with E-state index in [1.165, 1.54) is 18.1 Å². The Labute approximate surface area is 120 Å². The molecule has 1 N–H and O–H groups in total. The lowest BCUT2D eigenvalue weighted by atomic mass is 10.3. The molecule has 1 fully saturated rings. The summed E-state index contributed by atoms with van der Waals surface area (Å²) in [5, 5.41) is 7.04. The van der Waals surface area contributed by atoms with E-state index in [2.05, 4.69) is 15.2 Å². The molecule has 0 aliphatic carbocycles. The topological polar surface area (TPSA) is 91.4 Å². The van der Waals surface area contributed by atoms with Gasteiger partial charge in [-0.2, -0.15) is 5.10 Å². The van der Waals surface area contributed by atoms with Crippen LogP contribution < -0.4 is 0 Å². The van der Waals surface area contributed by atoms with Crippen molar-refractivity contribution in [1.29, 1.82) is 0 Å². The highest BCUT2D eigenvalue weighted by Crippen LogP contribution is 2.13. The molecule has 2 amide bonds. The van der Waals surface area contributed by atoms with Gasteiger partial charge in [-0.1, -0.05) is 11.8 Å². The van der Waals surface area contributed by atoms with Gasteiger partial charge in [-0.3, -0.25) is 9.89 Å². The van der Waals surface area contributed by atoms with Gasteiger partial charge in [0, 0.05) is 26.2 Å². The zero-order chi connectivity index (χ0) is 14.4. The lowest BCUT2D eigenvalue weighted by molar-refractivity contribution is -0.129. The maximum atomic E-state index is 12.0. The molecule has 110 valence electrons. The molecule has 0 atom stereocenters. The summed E-state index contributed by atoms with van der Waals surface area (Å²) in [4.78, 5) is 30.9. The molecule has 0 unspecified atom stereocenters. The van der Waals surface area contributed by atoms with Crippen molar-refractivity contribution in [3.63, 3.8) is 0 Å². The van der Waals surface area contributed by atoms with Gasteiger partial charge in [-0.25, -0.2) is 9.78 Å². The number of nitrogens with one attached hydrogen (secondary N) is 1. The third-order valence-corrected chi connectivity index (χ3v) is 3.75. The van der Waals surface area contributed by atoms with Gasteiger partial charge in [0.15, 0.2) is 5.16 Å². The van der Waals surface area contributed by atoms with Crippen molar-refractivity contribution in [3.8, 4) is 0 Å². The van der Waals surface area contributed by atoms with Crippen LogP contribution in [0.5, 0.6) is 0 Å². The van der Waals surface area contributed by atoms with Crippen LogP contribution in [0, 0.1) is 0 Å². The number of hydrogen-bond acceptors (Lipinski definition) is 6. The maximum absolute atomic E-state index is 12.0. The van der Waals surface area contributed by atoms with Gasteiger partial charge >= 0.3 is 6.09 Å². The second kappa shape index (κ2) is 7.13. The molecule has 0 aromatic carbocycles. The fourth-order valence-corrected chi connectivity index (χ4v) is 2.52. The van der Waals surface area contributed by atoms with E-state index < -0.39 is 0 Å². The third-order valence-electron chi connectivity index (χ3n) is 2.88. The number of amides is 2. The third kappa shape index (κ3) is 3.86. The summed E-state index contributed by atoms with van der Waals surface area (Å²) in [7, 11) is 0. The monoisotopic (exact) mass is 299 g/mol. The van der Waals surface area contributed by atoms with Crippen molar-refractivity contribution < 1.29 is 14.3 Å². The van der Waals surface area contributed by atoms with Crippen molar-refractivity contribution >= 4 is 23.8 Å². The van der Waals surface area contributed by atoms with E-state index in [9.17, 15) is 9.59 Å². The Morgan fingerprint density at radius 2 is 2.05 bits per heavy atom. The SMILES string of the molecule is CCOC(=O)N1CCN(C(=O)CSc2ncn[nH]2)CC1. The number of piperazine rings is 1. The smallest absolute Gasteiger partial charge is 0.409 e. The number of aromatic nitrogens is 3. The molecular weight excluding hydrogens is 282 g/mol. The number of aromatic amines is 1. The highest BCUT2D eigenvalue weighted by atomic mass is 32.2. The van der Waals surface area contributed by atoms with E-state index in [-0.39, 0.29) is 12.0 Å². The summed E-state index contributed by atoms with van der Waals surface area (Å²) in [5.41, 5.74) is 0. The number of carbonyl (C=O) groups excluding carboxylic acids is 2. The van der Waals surface area contributed by atoms with E-state index in [4.69, 9.17) is 4.74 Å². The molecule has 2 heterocycles. The zero-order valence-corrected chi connectivity index (χ0v) is 12.1. The van der Waals surface area contributed by atoms with Crippen LogP contribution in [0.1, 0.15) is 6.92 Å². The van der Waals surface area contributed by atoms with Gasteiger partial charge in [-0.15, -0.1) is 0 Å². The van der Waals surface area contributed by atoms with Gasteiger partial charge in [0.1, 0.15) is 6.33 Å². The molecular formula is C11H17N5O3S. The average molecular weight is 299 g/mol. The largest absolute Gasteiger partial charge is 0.450 e. The summed E-state index contributed by atoms with van der Waals surface area (Å²) in [6, 6.07) is 0. The Bertz CT molecular complexity index is 445. The first-order chi connectivity index (χ1) is 9.70. The number of carbonyl (C=O) groups is 2. The second-order valence-corrected chi connectivity index (χ2v) is 5.11. The number of ether oxygens (including phenoxy) is 1. The predicted octanol–water partition coefficient (Wildman–Crippen LogP) is 0.198. The van der Waals surface area contributed by atoms with E-state index in [0.717, 1.165) is 0 Å². The van der Waals surface area contributed by atoms with E-state index in [1.54, 1.807) is 16.7 Å². The van der Waals surface area contributed by atoms with E-state index >= 15 is 0 Å². The van der Waals surface area contributed by atoms with Gasteiger partial charge in [0.25, 0.3) is 0 Å². The Balaban J connectivity index is 1.73. The first-order valence-electron chi connectivity index (χ1n) is 6.38. The van der Waals surface area contributed by atoms with Crippen molar-refractivity contribution in [1.82, 2.24) is 25.0 Å². The molecule has 0 radical (unpaired) electrons. The van der Waals surface area contributed by atoms with E-state index in [0.29, 0.717) is 43.7 Å². The molecule has 20 heavy (non-hydrogen) atoms. The number of hydrogen-bond donors (Lipinski definition) is 1. The number of thioether (sulfide) groups is 1. The molecule has 8 nitrogen and oxygen atoms in total. The Morgan fingerprint density at radius 1 is 1.35 bits per heavy atom. The van der Waals surface area contributed by atoms with Crippen LogP contribution in [-0.2, 0) is 9.53 Å². The van der Waals surface area contributed by atoms with Crippen molar-refractivity contribution in [2.24, 2.45) is 0 Å². The molecule has 9 heteroatoms. The number of rotatable bonds is 4. The number of H-pyrrole nitrogens is 1. The first-order valence-corrected chi connectivity index (χ1v) is 7.37. The first kappa shape index (κ1) is 14.6. The molecule has 1 saturated heterocycles. The van der Waals surface area contributed by atoms with E-state index in [1.807, 2.05) is 0 Å². The average Bonchev–Trinajstić information content (AvgIpc) is 2.98. The quantitative estimate of drug-likeness (QED) is 0.798. The Morgan fingerprint density at radius 3 is 2.65 bits per heavy atom. The zero-order valence-electron chi connectivity index (χ0n) is 11.2. The van der Waals surface area contributed by atoms with Gasteiger partial charge in [0.05, 0.1) is 12.4 Å². The van der Waals surface area contributed by atoms with Crippen molar-refractivity contribution in [2.75, 3.05) is 38.5 Å². The molecule has 0 spiro atoms. The summed E-state index contributed by atoms with van der Waals surface area (Å²) >= 11 is 1.32. The van der Waals surface area contributed by atoms with Crippen molar-refractivity contribution in [2.45, 2.75) is 12.1 Å². The van der Waals surface area contributed by atoms with Gasteiger partial charge in [-0.05, 0) is 6.92 Å². The molecule has 0 bridgehead atoms. The second-order valence-electron chi connectivity index (χ2n) is 4.15. The molecule has 1 aromatic heterocycles. The minimum Gasteiger partial charge on any atom is -0.450 e. The van der Waals surface area contributed by atoms with Crippen LogP contribution in [0.4, 0.5) is 4.79 Å². The number of nitrogens with zero attached hydrogens (tertiary/aromatic N) is 4. The van der Waals surface area contributed by atoms with Crippen LogP contribution in [-0.4, -0.2) is 75.5 Å². The minimum absolute atomic E-state index is 0.0370. The molecule has 1 aromatic rings. The highest BCUT2D eigenvalue weighted by Gasteiger charge is 2.24. The van der Waals surface area contributed by atoms with Crippen LogP contribution in [0.3, 0.4) is 0 Å². The van der Waals surface area contributed by atoms with Crippen LogP contribution in [0.25, 0.3) is 0 Å². The van der Waals surface area contributed by atoms with Crippen molar-refractivity contribution in [3.05, 3.63) is 6.33 Å². The predicted molar refractivity (Wildman–Crippen MR) is 72.3 cm³/mol. The Kier molecular flexibility index (Phi) is 5.22. The molecule has 0 saturated carbocycles. The Hall–Kier alpha value is -1.77. The molecule has 1 aliphatic heterocycles. The standard InChI is InChI=1S/C11H17N5O3S/c1-2-19-11(18)16-5-3-15(4-6-16)9(17)7-20-10-12-8-13-14-10/h8H,2-7H2,1H3,(H,12,13,14). The molecule has 2 rings (SSSR count). The van der Waals surface area contributed by atoms with Gasteiger partial charge in [0.2, 0.25) is 5.91 Å². The van der Waals surface area contributed by atoms with Crippen LogP contribution in [0.2, 0.25) is 0 Å². The van der Waals surface area contributed by atoms with Gasteiger partial charge < -0.3 is 14.5 Å². The fraction of sp³-hybridized carbons (Fsp3) is 0.636. The summed E-state index contributed by atoms with van der Waals surface area (Å²) in [5.74, 6) is 0.351. The lowest BCUT2D eigenvalue weighted by Crippen LogP contribution is -2.51. The summed E-state index contributed by atoms with van der Waals surface area (Å²) in [6.45, 7) is 4.24. The summed E-state index contributed by atoms with van der Waals surface area (Å²) in [6.07, 6.45) is 1.10. The maximum Gasteiger partial charge on any atom is 0.409 e. The van der Waals surface area contributed by atoms with Crippen LogP contribution in [0.15, 0.2) is 11.5 Å². The minimum atomic E-state index is -0.310. The highest BCUT2D eigenvalue weighted by molar-refractivity contribution is 7.99.